The molecule has 0 aliphatic heterocycles. The van der Waals surface area contributed by atoms with Gasteiger partial charge in [0.25, 0.3) is 0 Å². The third-order valence-corrected chi connectivity index (χ3v) is 3.04. The summed E-state index contributed by atoms with van der Waals surface area (Å²) in [5.41, 5.74) is 1.75. The largest absolute Gasteiger partial charge is 0.480 e. The van der Waals surface area contributed by atoms with Gasteiger partial charge in [0.15, 0.2) is 0 Å². The normalized spacial score (nSPS) is 11.7. The third-order valence-electron chi connectivity index (χ3n) is 3.04. The number of anilines is 1. The van der Waals surface area contributed by atoms with Gasteiger partial charge in [-0.1, -0.05) is 19.1 Å². The number of aryl methyl sites for hydroxylation is 1. The molecule has 2 amide bonds. The van der Waals surface area contributed by atoms with E-state index >= 15 is 0 Å². The van der Waals surface area contributed by atoms with E-state index in [4.69, 9.17) is 9.84 Å². The standard InChI is InChI=1S/C15H22N2O4/c1-3-11-6-4-7-12(10-11)16-15(20)17-13(14(18)19)8-5-9-21-2/h4,6-7,10,13H,3,5,8-9H2,1-2H3,(H,18,19)(H2,16,17,20). The molecule has 1 aromatic rings. The predicted molar refractivity (Wildman–Crippen MR) is 80.5 cm³/mol. The molecule has 1 aromatic carbocycles. The number of carbonyl (C=O) groups is 2. The molecule has 6 heteroatoms. The maximum Gasteiger partial charge on any atom is 0.326 e. The van der Waals surface area contributed by atoms with Crippen LogP contribution in [0.25, 0.3) is 0 Å². The van der Waals surface area contributed by atoms with Crippen molar-refractivity contribution in [1.29, 1.82) is 0 Å². The molecule has 0 aliphatic rings. The number of rotatable bonds is 8. The number of carbonyl (C=O) groups excluding carboxylic acids is 1. The highest BCUT2D eigenvalue weighted by Crippen LogP contribution is 2.11. The van der Waals surface area contributed by atoms with Gasteiger partial charge in [0.1, 0.15) is 6.04 Å². The van der Waals surface area contributed by atoms with Crippen molar-refractivity contribution < 1.29 is 19.4 Å². The summed E-state index contributed by atoms with van der Waals surface area (Å²) >= 11 is 0. The lowest BCUT2D eigenvalue weighted by Gasteiger charge is -2.15. The second-order valence-electron chi connectivity index (χ2n) is 4.68. The van der Waals surface area contributed by atoms with Crippen LogP contribution in [0.15, 0.2) is 24.3 Å². The number of nitrogens with one attached hydrogen (secondary N) is 2. The Bertz CT molecular complexity index is 476. The fraction of sp³-hybridized carbons (Fsp3) is 0.467. The van der Waals surface area contributed by atoms with Crippen LogP contribution in [0, 0.1) is 0 Å². The molecule has 21 heavy (non-hydrogen) atoms. The van der Waals surface area contributed by atoms with Crippen LogP contribution in [0.1, 0.15) is 25.3 Å². The van der Waals surface area contributed by atoms with Gasteiger partial charge in [-0.3, -0.25) is 0 Å². The molecule has 0 fully saturated rings. The molecular formula is C15H22N2O4. The summed E-state index contributed by atoms with van der Waals surface area (Å²) in [6.45, 7) is 2.49. The molecule has 1 atom stereocenters. The first-order chi connectivity index (χ1) is 10.1. The molecule has 116 valence electrons. The lowest BCUT2D eigenvalue weighted by Crippen LogP contribution is -2.43. The zero-order valence-corrected chi connectivity index (χ0v) is 12.4. The van der Waals surface area contributed by atoms with Crippen LogP contribution >= 0.6 is 0 Å². The maximum absolute atomic E-state index is 11.8. The zero-order valence-electron chi connectivity index (χ0n) is 12.4. The van der Waals surface area contributed by atoms with Gasteiger partial charge in [-0.15, -0.1) is 0 Å². The molecule has 0 spiro atoms. The minimum absolute atomic E-state index is 0.325. The van der Waals surface area contributed by atoms with E-state index in [0.29, 0.717) is 25.1 Å². The molecule has 0 bridgehead atoms. The van der Waals surface area contributed by atoms with E-state index in [1.54, 1.807) is 13.2 Å². The lowest BCUT2D eigenvalue weighted by atomic mass is 10.1. The summed E-state index contributed by atoms with van der Waals surface area (Å²) in [6.07, 6.45) is 1.76. The van der Waals surface area contributed by atoms with Gasteiger partial charge in [-0.25, -0.2) is 9.59 Å². The third kappa shape index (κ3) is 6.27. The summed E-state index contributed by atoms with van der Waals surface area (Å²) in [5, 5.41) is 14.2. The van der Waals surface area contributed by atoms with Crippen molar-refractivity contribution in [2.75, 3.05) is 19.0 Å². The summed E-state index contributed by atoms with van der Waals surface area (Å²) in [6, 6.07) is 6.00. The minimum atomic E-state index is -1.05. The monoisotopic (exact) mass is 294 g/mol. The Morgan fingerprint density at radius 1 is 1.38 bits per heavy atom. The summed E-state index contributed by atoms with van der Waals surface area (Å²) < 4.78 is 4.88. The van der Waals surface area contributed by atoms with Crippen LogP contribution in [0.4, 0.5) is 10.5 Å². The highest BCUT2D eigenvalue weighted by molar-refractivity contribution is 5.92. The number of carboxylic acid groups (broad SMARTS) is 1. The number of amides is 2. The van der Waals surface area contributed by atoms with E-state index in [2.05, 4.69) is 10.6 Å². The summed E-state index contributed by atoms with van der Waals surface area (Å²) in [7, 11) is 1.55. The molecule has 1 unspecified atom stereocenters. The Kier molecular flexibility index (Phi) is 7.25. The fourth-order valence-corrected chi connectivity index (χ4v) is 1.88. The first-order valence-corrected chi connectivity index (χ1v) is 6.95. The first-order valence-electron chi connectivity index (χ1n) is 6.95. The van der Waals surface area contributed by atoms with Crippen molar-refractivity contribution in [3.8, 4) is 0 Å². The van der Waals surface area contributed by atoms with Crippen molar-refractivity contribution in [2.24, 2.45) is 0 Å². The number of ether oxygens (including phenoxy) is 1. The van der Waals surface area contributed by atoms with Crippen molar-refractivity contribution >= 4 is 17.7 Å². The van der Waals surface area contributed by atoms with Gasteiger partial charge < -0.3 is 20.5 Å². The van der Waals surface area contributed by atoms with Gasteiger partial charge in [0.05, 0.1) is 0 Å². The SMILES string of the molecule is CCc1cccc(NC(=O)NC(CCCOC)C(=O)O)c1. The van der Waals surface area contributed by atoms with Gasteiger partial charge in [0.2, 0.25) is 0 Å². The molecule has 0 radical (unpaired) electrons. The maximum atomic E-state index is 11.8. The Morgan fingerprint density at radius 3 is 2.76 bits per heavy atom. The fourth-order valence-electron chi connectivity index (χ4n) is 1.88. The molecule has 0 saturated carbocycles. The van der Waals surface area contributed by atoms with Gasteiger partial charge in [-0.05, 0) is 37.0 Å². The average molecular weight is 294 g/mol. The van der Waals surface area contributed by atoms with Crippen LogP contribution in [0.2, 0.25) is 0 Å². The molecule has 0 aliphatic carbocycles. The lowest BCUT2D eigenvalue weighted by molar-refractivity contribution is -0.139. The second kappa shape index (κ2) is 8.97. The van der Waals surface area contributed by atoms with Crippen molar-refractivity contribution in [3.63, 3.8) is 0 Å². The smallest absolute Gasteiger partial charge is 0.326 e. The van der Waals surface area contributed by atoms with Gasteiger partial charge in [0, 0.05) is 19.4 Å². The quantitative estimate of drug-likeness (QED) is 0.642. The van der Waals surface area contributed by atoms with E-state index in [1.165, 1.54) is 0 Å². The van der Waals surface area contributed by atoms with E-state index in [0.717, 1.165) is 12.0 Å². The number of urea groups is 1. The highest BCUT2D eigenvalue weighted by atomic mass is 16.5. The summed E-state index contributed by atoms with van der Waals surface area (Å²) in [5.74, 6) is -1.05. The van der Waals surface area contributed by atoms with Crippen LogP contribution in [-0.4, -0.2) is 36.9 Å². The van der Waals surface area contributed by atoms with Crippen LogP contribution in [0.5, 0.6) is 0 Å². The number of hydrogen-bond acceptors (Lipinski definition) is 3. The minimum Gasteiger partial charge on any atom is -0.480 e. The van der Waals surface area contributed by atoms with E-state index in [-0.39, 0.29) is 0 Å². The van der Waals surface area contributed by atoms with Gasteiger partial charge in [-0.2, -0.15) is 0 Å². The van der Waals surface area contributed by atoms with Crippen LogP contribution < -0.4 is 10.6 Å². The molecule has 1 rings (SSSR count). The molecule has 3 N–H and O–H groups in total. The first kappa shape index (κ1) is 17.0. The highest BCUT2D eigenvalue weighted by Gasteiger charge is 2.19. The second-order valence-corrected chi connectivity index (χ2v) is 4.68. The van der Waals surface area contributed by atoms with Crippen molar-refractivity contribution in [2.45, 2.75) is 32.2 Å². The number of benzene rings is 1. The molecular weight excluding hydrogens is 272 g/mol. The zero-order chi connectivity index (χ0) is 15.7. The Morgan fingerprint density at radius 2 is 2.14 bits per heavy atom. The molecule has 0 aromatic heterocycles. The number of methoxy groups -OCH3 is 1. The topological polar surface area (TPSA) is 87.7 Å². The molecule has 0 saturated heterocycles. The van der Waals surface area contributed by atoms with E-state index < -0.39 is 18.0 Å². The van der Waals surface area contributed by atoms with Crippen molar-refractivity contribution in [1.82, 2.24) is 5.32 Å². The average Bonchev–Trinajstić information content (AvgIpc) is 2.46. The Labute approximate surface area is 124 Å². The number of hydrogen-bond donors (Lipinski definition) is 3. The predicted octanol–water partition coefficient (Wildman–Crippen LogP) is 2.25. The van der Waals surface area contributed by atoms with Crippen molar-refractivity contribution in [3.05, 3.63) is 29.8 Å². The van der Waals surface area contributed by atoms with E-state index in [9.17, 15) is 9.59 Å². The molecule has 0 heterocycles. The molecule has 6 nitrogen and oxygen atoms in total. The van der Waals surface area contributed by atoms with Crippen LogP contribution in [-0.2, 0) is 16.0 Å². The van der Waals surface area contributed by atoms with Crippen LogP contribution in [0.3, 0.4) is 0 Å². The number of carboxylic acids is 1. The van der Waals surface area contributed by atoms with E-state index in [1.807, 2.05) is 25.1 Å². The Hall–Kier alpha value is -2.08. The number of aliphatic carboxylic acids is 1. The summed E-state index contributed by atoms with van der Waals surface area (Å²) in [4.78, 5) is 22.9. The van der Waals surface area contributed by atoms with Gasteiger partial charge >= 0.3 is 12.0 Å². The Balaban J connectivity index is 2.54.